The van der Waals surface area contributed by atoms with E-state index in [4.69, 9.17) is 13.9 Å². The SMILES string of the molecule is O=c1c(-c2ccc(O)cc2)coc2c(OC3O[C@H](CO)[C@@H](O)[C@H](O)[C@H]3O)c(O)ccc12. The lowest BCUT2D eigenvalue weighted by Crippen LogP contribution is -2.60. The van der Waals surface area contributed by atoms with Gasteiger partial charge in [0, 0.05) is 0 Å². The van der Waals surface area contributed by atoms with Crippen molar-refractivity contribution in [2.45, 2.75) is 30.7 Å². The van der Waals surface area contributed by atoms with E-state index in [2.05, 4.69) is 0 Å². The summed E-state index contributed by atoms with van der Waals surface area (Å²) in [4.78, 5) is 13.0. The van der Waals surface area contributed by atoms with Crippen LogP contribution in [0.25, 0.3) is 22.1 Å². The van der Waals surface area contributed by atoms with Crippen LogP contribution in [0.3, 0.4) is 0 Å². The van der Waals surface area contributed by atoms with E-state index in [0.29, 0.717) is 5.56 Å². The van der Waals surface area contributed by atoms with Gasteiger partial charge in [-0.2, -0.15) is 0 Å². The molecule has 0 radical (unpaired) electrons. The average molecular weight is 432 g/mol. The second-order valence-electron chi connectivity index (χ2n) is 7.13. The van der Waals surface area contributed by atoms with E-state index in [1.54, 1.807) is 12.1 Å². The predicted molar refractivity (Wildman–Crippen MR) is 106 cm³/mol. The Hall–Kier alpha value is -3.15. The molecule has 10 nitrogen and oxygen atoms in total. The summed E-state index contributed by atoms with van der Waals surface area (Å²) < 4.78 is 16.3. The summed E-state index contributed by atoms with van der Waals surface area (Å²) in [5.41, 5.74) is 0.130. The largest absolute Gasteiger partial charge is 0.508 e. The minimum atomic E-state index is -1.71. The first kappa shape index (κ1) is 21.1. The lowest BCUT2D eigenvalue weighted by atomic mass is 9.99. The van der Waals surface area contributed by atoms with Gasteiger partial charge in [0.25, 0.3) is 0 Å². The molecule has 1 unspecified atom stereocenters. The summed E-state index contributed by atoms with van der Waals surface area (Å²) in [7, 11) is 0. The molecule has 1 aliphatic heterocycles. The number of hydrogen-bond acceptors (Lipinski definition) is 10. The van der Waals surface area contributed by atoms with E-state index in [9.17, 15) is 35.4 Å². The Morgan fingerprint density at radius 2 is 1.65 bits per heavy atom. The van der Waals surface area contributed by atoms with E-state index in [-0.39, 0.29) is 28.0 Å². The van der Waals surface area contributed by atoms with Gasteiger partial charge in [0.05, 0.1) is 17.6 Å². The van der Waals surface area contributed by atoms with Crippen molar-refractivity contribution in [1.29, 1.82) is 0 Å². The van der Waals surface area contributed by atoms with Crippen LogP contribution in [0.1, 0.15) is 0 Å². The van der Waals surface area contributed by atoms with E-state index in [1.807, 2.05) is 0 Å². The van der Waals surface area contributed by atoms with Crippen molar-refractivity contribution >= 4 is 11.0 Å². The quantitative estimate of drug-likeness (QED) is 0.331. The van der Waals surface area contributed by atoms with Gasteiger partial charge in [0.15, 0.2) is 11.3 Å². The Bertz CT molecular complexity index is 1140. The number of hydrogen-bond donors (Lipinski definition) is 6. The number of fused-ring (bicyclic) bond motifs is 1. The van der Waals surface area contributed by atoms with E-state index < -0.39 is 48.5 Å². The van der Waals surface area contributed by atoms with Crippen molar-refractivity contribution in [3.8, 4) is 28.4 Å². The molecule has 0 spiro atoms. The Balaban J connectivity index is 1.75. The first-order valence-electron chi connectivity index (χ1n) is 9.36. The topological polar surface area (TPSA) is 170 Å². The van der Waals surface area contributed by atoms with E-state index in [0.717, 1.165) is 6.26 Å². The van der Waals surface area contributed by atoms with Gasteiger partial charge in [-0.1, -0.05) is 12.1 Å². The number of rotatable bonds is 4. The molecule has 1 aliphatic rings. The van der Waals surface area contributed by atoms with Crippen molar-refractivity contribution in [2.75, 3.05) is 6.61 Å². The number of phenols is 2. The highest BCUT2D eigenvalue weighted by atomic mass is 16.7. The number of phenolic OH excluding ortho intramolecular Hbond substituents is 2. The van der Waals surface area contributed by atoms with Gasteiger partial charge in [0.2, 0.25) is 17.5 Å². The van der Waals surface area contributed by atoms with Crippen LogP contribution >= 0.6 is 0 Å². The summed E-state index contributed by atoms with van der Waals surface area (Å²) in [6.45, 7) is -0.655. The third kappa shape index (κ3) is 3.71. The molecule has 0 aliphatic carbocycles. The molecule has 10 heteroatoms. The number of benzene rings is 2. The van der Waals surface area contributed by atoms with E-state index >= 15 is 0 Å². The molecule has 6 N–H and O–H groups in total. The molecule has 1 fully saturated rings. The summed E-state index contributed by atoms with van der Waals surface area (Å²) in [6.07, 6.45) is -6.59. The minimum Gasteiger partial charge on any atom is -0.508 e. The first-order chi connectivity index (χ1) is 14.8. The fourth-order valence-electron chi connectivity index (χ4n) is 3.40. The summed E-state index contributed by atoms with van der Waals surface area (Å²) in [6, 6.07) is 8.45. The fourth-order valence-corrected chi connectivity index (χ4v) is 3.40. The van der Waals surface area contributed by atoms with Crippen LogP contribution in [0.15, 0.2) is 51.9 Å². The molecule has 1 aromatic heterocycles. The van der Waals surface area contributed by atoms with Gasteiger partial charge in [0.1, 0.15) is 36.4 Å². The molecular weight excluding hydrogens is 412 g/mol. The van der Waals surface area contributed by atoms with Gasteiger partial charge < -0.3 is 44.5 Å². The van der Waals surface area contributed by atoms with Gasteiger partial charge in [-0.25, -0.2) is 0 Å². The normalized spacial score (nSPS) is 26.1. The third-order valence-electron chi connectivity index (χ3n) is 5.14. The predicted octanol–water partition coefficient (Wildman–Crippen LogP) is 0.0499. The average Bonchev–Trinajstić information content (AvgIpc) is 2.76. The highest BCUT2D eigenvalue weighted by Gasteiger charge is 2.45. The maximum Gasteiger partial charge on any atom is 0.229 e. The maximum atomic E-state index is 13.0. The van der Waals surface area contributed by atoms with Gasteiger partial charge in [-0.15, -0.1) is 0 Å². The summed E-state index contributed by atoms with van der Waals surface area (Å²) >= 11 is 0. The lowest BCUT2D eigenvalue weighted by molar-refractivity contribution is -0.277. The second kappa shape index (κ2) is 8.17. The third-order valence-corrected chi connectivity index (χ3v) is 5.14. The standard InChI is InChI=1S/C21H20O10/c22-7-14-16(26)17(27)18(28)21(30-14)31-20-13(24)6-5-11-15(25)12(8-29-19(11)20)9-1-3-10(23)4-2-9/h1-6,8,14,16-18,21-24,26-28H,7H2/t14-,16-,17+,18-,21?/m1/s1. The van der Waals surface area contributed by atoms with Crippen molar-refractivity contribution < 1.29 is 44.5 Å². The van der Waals surface area contributed by atoms with Gasteiger partial charge in [-0.3, -0.25) is 4.79 Å². The molecule has 2 heterocycles. The van der Waals surface area contributed by atoms with Crippen LogP contribution in [-0.4, -0.2) is 68.0 Å². The highest BCUT2D eigenvalue weighted by molar-refractivity contribution is 5.88. The Morgan fingerprint density at radius 3 is 2.32 bits per heavy atom. The molecular formula is C21H20O10. The number of aromatic hydroxyl groups is 2. The lowest BCUT2D eigenvalue weighted by Gasteiger charge is -2.39. The molecule has 2 aromatic carbocycles. The number of aliphatic hydroxyl groups is 4. The van der Waals surface area contributed by atoms with Crippen LogP contribution in [-0.2, 0) is 4.74 Å². The molecule has 31 heavy (non-hydrogen) atoms. The van der Waals surface area contributed by atoms with Crippen LogP contribution in [0.5, 0.6) is 17.2 Å². The smallest absolute Gasteiger partial charge is 0.229 e. The zero-order valence-electron chi connectivity index (χ0n) is 16.0. The van der Waals surface area contributed by atoms with Crippen molar-refractivity contribution in [2.24, 2.45) is 0 Å². The molecule has 1 saturated heterocycles. The van der Waals surface area contributed by atoms with Crippen molar-refractivity contribution in [1.82, 2.24) is 0 Å². The molecule has 0 amide bonds. The Kier molecular flexibility index (Phi) is 5.56. The zero-order chi connectivity index (χ0) is 22.3. The van der Waals surface area contributed by atoms with Crippen molar-refractivity contribution in [3.05, 3.63) is 52.9 Å². The van der Waals surface area contributed by atoms with Gasteiger partial charge >= 0.3 is 0 Å². The molecule has 4 rings (SSSR count). The maximum absolute atomic E-state index is 13.0. The molecule has 0 bridgehead atoms. The molecule has 0 saturated carbocycles. The van der Waals surface area contributed by atoms with Crippen LogP contribution in [0, 0.1) is 0 Å². The number of ether oxygens (including phenoxy) is 2. The molecule has 5 atom stereocenters. The number of aliphatic hydroxyl groups excluding tert-OH is 4. The molecule has 3 aromatic rings. The van der Waals surface area contributed by atoms with Gasteiger partial charge in [-0.05, 0) is 29.8 Å². The molecule has 164 valence electrons. The zero-order valence-corrected chi connectivity index (χ0v) is 16.0. The van der Waals surface area contributed by atoms with E-state index in [1.165, 1.54) is 24.3 Å². The fraction of sp³-hybridized carbons (Fsp3) is 0.286. The van der Waals surface area contributed by atoms with Crippen LogP contribution in [0.4, 0.5) is 0 Å². The second-order valence-corrected chi connectivity index (χ2v) is 7.13. The highest BCUT2D eigenvalue weighted by Crippen LogP contribution is 2.37. The monoisotopic (exact) mass is 432 g/mol. The summed E-state index contributed by atoms with van der Waals surface area (Å²) in [5.74, 6) is -0.713. The minimum absolute atomic E-state index is 0.0362. The Morgan fingerprint density at radius 1 is 0.935 bits per heavy atom. The van der Waals surface area contributed by atoms with Crippen molar-refractivity contribution in [3.63, 3.8) is 0 Å². The van der Waals surface area contributed by atoms with Crippen LogP contribution < -0.4 is 10.2 Å². The van der Waals surface area contributed by atoms with Crippen LogP contribution in [0.2, 0.25) is 0 Å². The Labute approximate surface area is 174 Å². The first-order valence-corrected chi connectivity index (χ1v) is 9.36. The summed E-state index contributed by atoms with van der Waals surface area (Å²) in [5, 5.41) is 59.1.